The Morgan fingerprint density at radius 1 is 0.778 bits per heavy atom. The van der Waals surface area contributed by atoms with Crippen LogP contribution in [-0.2, 0) is 0 Å². The quantitative estimate of drug-likeness (QED) is 0.462. The molecule has 0 spiro atoms. The third kappa shape index (κ3) is 4.70. The zero-order valence-corrected chi connectivity index (χ0v) is 17.3. The first kappa shape index (κ1) is 19.7. The van der Waals surface area contributed by atoms with Crippen molar-refractivity contribution < 1.29 is 0 Å². The van der Waals surface area contributed by atoms with Gasteiger partial charge in [-0.05, 0) is 87.1 Å². The number of nitrogens with one attached hydrogen (secondary N) is 1. The highest BCUT2D eigenvalue weighted by Gasteiger charge is 2.42. The second-order valence-corrected chi connectivity index (χ2v) is 9.94. The third-order valence-corrected chi connectivity index (χ3v) is 8.46. The van der Waals surface area contributed by atoms with Gasteiger partial charge in [-0.1, -0.05) is 62.8 Å². The lowest BCUT2D eigenvalue weighted by Gasteiger charge is -2.28. The molecule has 4 aliphatic carbocycles. The molecule has 3 N–H and O–H groups in total. The monoisotopic (exact) mass is 370 g/mol. The molecule has 0 amide bonds. The molecule has 4 fully saturated rings. The number of rotatable bonds is 7. The van der Waals surface area contributed by atoms with Crippen LogP contribution in [0.15, 0.2) is 24.3 Å². The van der Waals surface area contributed by atoms with Gasteiger partial charge in [-0.25, -0.2) is 0 Å². The number of allylic oxidation sites excluding steroid dienone is 3. The van der Waals surface area contributed by atoms with Crippen LogP contribution in [0.3, 0.4) is 0 Å². The maximum atomic E-state index is 5.71. The molecule has 2 nitrogen and oxygen atoms in total. The minimum absolute atomic E-state index is 0.684. The highest BCUT2D eigenvalue weighted by atomic mass is 14.9. The van der Waals surface area contributed by atoms with Gasteiger partial charge in [0.1, 0.15) is 0 Å². The van der Waals surface area contributed by atoms with Crippen molar-refractivity contribution in [1.82, 2.24) is 5.32 Å². The average Bonchev–Trinajstić information content (AvgIpc) is 3.27. The van der Waals surface area contributed by atoms with Crippen LogP contribution in [0, 0.1) is 35.5 Å². The van der Waals surface area contributed by atoms with Gasteiger partial charge in [0, 0.05) is 6.04 Å². The Kier molecular flexibility index (Phi) is 7.11. The van der Waals surface area contributed by atoms with Crippen molar-refractivity contribution in [1.29, 1.82) is 0 Å². The van der Waals surface area contributed by atoms with E-state index in [0.29, 0.717) is 6.04 Å². The van der Waals surface area contributed by atoms with Crippen LogP contribution in [0.1, 0.15) is 77.0 Å². The van der Waals surface area contributed by atoms with Crippen LogP contribution in [0.4, 0.5) is 0 Å². The summed E-state index contributed by atoms with van der Waals surface area (Å²) in [7, 11) is 0. The highest BCUT2D eigenvalue weighted by Crippen LogP contribution is 2.47. The SMILES string of the molecule is NCCCN[C@H]1CC2CCCC[C@@H]2[C@H]1/C=C/C=C/[C@H]1CCC2CCCCC21. The molecular formula is C25H42N2. The Balaban J connectivity index is 1.34. The molecule has 4 rings (SSSR count). The van der Waals surface area contributed by atoms with E-state index in [2.05, 4.69) is 29.6 Å². The molecule has 152 valence electrons. The largest absolute Gasteiger partial charge is 0.330 e. The summed E-state index contributed by atoms with van der Waals surface area (Å²) in [6.07, 6.45) is 27.2. The lowest BCUT2D eigenvalue weighted by atomic mass is 9.77. The zero-order valence-electron chi connectivity index (χ0n) is 17.3. The zero-order chi connectivity index (χ0) is 18.5. The molecule has 0 aromatic carbocycles. The molecule has 0 bridgehead atoms. The van der Waals surface area contributed by atoms with Gasteiger partial charge in [-0.2, -0.15) is 0 Å². The van der Waals surface area contributed by atoms with Crippen molar-refractivity contribution in [3.8, 4) is 0 Å². The Hall–Kier alpha value is -0.600. The van der Waals surface area contributed by atoms with Crippen LogP contribution in [0.2, 0.25) is 0 Å². The third-order valence-electron chi connectivity index (χ3n) is 8.46. The fourth-order valence-electron chi connectivity index (χ4n) is 7.12. The molecule has 0 heterocycles. The fourth-order valence-corrected chi connectivity index (χ4v) is 7.12. The summed E-state index contributed by atoms with van der Waals surface area (Å²) >= 11 is 0. The fraction of sp³-hybridized carbons (Fsp3) is 0.840. The van der Waals surface area contributed by atoms with E-state index in [9.17, 15) is 0 Å². The minimum Gasteiger partial charge on any atom is -0.330 e. The number of hydrogen-bond donors (Lipinski definition) is 2. The standard InChI is InChI=1S/C25H42N2/c26-16-7-17-27-25-18-21-10-3-5-12-23(21)24(25)13-6-2-9-20-15-14-19-8-1-4-11-22(19)20/h2,6,9,13,19-25,27H,1,3-5,7-8,10-12,14-18,26H2/b9-2+,13-6+/t19?,20-,21?,22?,23-,24+,25-/m0/s1. The average molecular weight is 371 g/mol. The van der Waals surface area contributed by atoms with Crippen molar-refractivity contribution in [2.75, 3.05) is 13.1 Å². The van der Waals surface area contributed by atoms with Crippen LogP contribution >= 0.6 is 0 Å². The van der Waals surface area contributed by atoms with Gasteiger partial charge in [-0.3, -0.25) is 0 Å². The Morgan fingerprint density at radius 3 is 2.37 bits per heavy atom. The van der Waals surface area contributed by atoms with Crippen LogP contribution in [0.5, 0.6) is 0 Å². The molecule has 0 aliphatic heterocycles. The van der Waals surface area contributed by atoms with Crippen LogP contribution < -0.4 is 11.1 Å². The van der Waals surface area contributed by atoms with Crippen LogP contribution in [0.25, 0.3) is 0 Å². The molecule has 3 unspecified atom stereocenters. The summed E-state index contributed by atoms with van der Waals surface area (Å²) in [5.74, 6) is 5.54. The second-order valence-electron chi connectivity index (χ2n) is 9.94. The Bertz CT molecular complexity index is 510. The topological polar surface area (TPSA) is 38.0 Å². The van der Waals surface area contributed by atoms with Gasteiger partial charge >= 0.3 is 0 Å². The van der Waals surface area contributed by atoms with Crippen molar-refractivity contribution >= 4 is 0 Å². The van der Waals surface area contributed by atoms with E-state index in [0.717, 1.165) is 55.0 Å². The van der Waals surface area contributed by atoms with Gasteiger partial charge in [0.15, 0.2) is 0 Å². The van der Waals surface area contributed by atoms with E-state index in [1.807, 2.05) is 0 Å². The van der Waals surface area contributed by atoms with Crippen molar-refractivity contribution in [2.45, 2.75) is 83.1 Å². The van der Waals surface area contributed by atoms with E-state index >= 15 is 0 Å². The van der Waals surface area contributed by atoms with E-state index in [1.165, 1.54) is 70.6 Å². The summed E-state index contributed by atoms with van der Waals surface area (Å²) in [4.78, 5) is 0. The molecule has 0 saturated heterocycles. The number of hydrogen-bond acceptors (Lipinski definition) is 2. The Labute approximate surface area is 167 Å². The van der Waals surface area contributed by atoms with Gasteiger partial charge in [0.05, 0.1) is 0 Å². The highest BCUT2D eigenvalue weighted by molar-refractivity contribution is 5.13. The molecule has 4 aliphatic rings. The lowest BCUT2D eigenvalue weighted by molar-refractivity contribution is 0.247. The maximum absolute atomic E-state index is 5.71. The molecular weight excluding hydrogens is 328 g/mol. The summed E-state index contributed by atoms with van der Waals surface area (Å²) in [6.45, 7) is 1.89. The molecule has 0 aromatic heterocycles. The summed E-state index contributed by atoms with van der Waals surface area (Å²) in [6, 6.07) is 0.684. The molecule has 2 heteroatoms. The van der Waals surface area contributed by atoms with Crippen molar-refractivity contribution in [2.24, 2.45) is 41.2 Å². The van der Waals surface area contributed by atoms with Gasteiger partial charge in [-0.15, -0.1) is 0 Å². The smallest absolute Gasteiger partial charge is 0.0135 e. The predicted molar refractivity (Wildman–Crippen MR) is 115 cm³/mol. The first-order valence-corrected chi connectivity index (χ1v) is 12.1. The van der Waals surface area contributed by atoms with E-state index < -0.39 is 0 Å². The lowest BCUT2D eigenvalue weighted by Crippen LogP contribution is -2.34. The summed E-state index contributed by atoms with van der Waals surface area (Å²) in [5, 5.41) is 3.85. The second kappa shape index (κ2) is 9.74. The minimum atomic E-state index is 0.684. The van der Waals surface area contributed by atoms with E-state index in [1.54, 1.807) is 0 Å². The Morgan fingerprint density at radius 2 is 1.52 bits per heavy atom. The normalized spacial score (nSPS) is 42.0. The van der Waals surface area contributed by atoms with Crippen molar-refractivity contribution in [3.05, 3.63) is 24.3 Å². The van der Waals surface area contributed by atoms with Crippen LogP contribution in [-0.4, -0.2) is 19.1 Å². The van der Waals surface area contributed by atoms with Gasteiger partial charge in [0.25, 0.3) is 0 Å². The van der Waals surface area contributed by atoms with E-state index in [-0.39, 0.29) is 0 Å². The van der Waals surface area contributed by atoms with E-state index in [4.69, 9.17) is 5.73 Å². The summed E-state index contributed by atoms with van der Waals surface area (Å²) < 4.78 is 0. The first-order chi connectivity index (χ1) is 13.4. The van der Waals surface area contributed by atoms with Gasteiger partial charge in [0.2, 0.25) is 0 Å². The van der Waals surface area contributed by atoms with Crippen molar-refractivity contribution in [3.63, 3.8) is 0 Å². The molecule has 27 heavy (non-hydrogen) atoms. The molecule has 0 aromatic rings. The predicted octanol–water partition coefficient (Wildman–Crippen LogP) is 5.45. The number of nitrogens with two attached hydrogens (primary N) is 1. The maximum Gasteiger partial charge on any atom is 0.0135 e. The molecule has 4 saturated carbocycles. The molecule has 7 atom stereocenters. The molecule has 0 radical (unpaired) electrons. The summed E-state index contributed by atoms with van der Waals surface area (Å²) in [5.41, 5.74) is 5.71. The van der Waals surface area contributed by atoms with Gasteiger partial charge < -0.3 is 11.1 Å². The first-order valence-electron chi connectivity index (χ1n) is 12.1. The number of fused-ring (bicyclic) bond motifs is 2.